The van der Waals surface area contributed by atoms with E-state index in [1.54, 1.807) is 0 Å². The van der Waals surface area contributed by atoms with Crippen molar-refractivity contribution in [3.05, 3.63) is 0 Å². The highest BCUT2D eigenvalue weighted by Gasteiger charge is 2.26. The second-order valence-corrected chi connectivity index (χ2v) is 5.58. The fourth-order valence-corrected chi connectivity index (χ4v) is 2.64. The lowest BCUT2D eigenvalue weighted by Crippen LogP contribution is -2.17. The molecule has 0 aromatic heterocycles. The van der Waals surface area contributed by atoms with Crippen LogP contribution in [0.2, 0.25) is 0 Å². The zero-order chi connectivity index (χ0) is 14.0. The highest BCUT2D eigenvalue weighted by molar-refractivity contribution is 8.00. The van der Waals surface area contributed by atoms with Gasteiger partial charge in [0.2, 0.25) is 0 Å². The number of unbranched alkanes of at least 4 members (excludes halogenated alkanes) is 3. The lowest BCUT2D eigenvalue weighted by atomic mass is 10.1. The number of halogens is 3. The topological polar surface area (TPSA) is 37.3 Å². The zero-order valence-corrected chi connectivity index (χ0v) is 11.4. The number of carboxylic acids is 1. The molecule has 6 heteroatoms. The lowest BCUT2D eigenvalue weighted by molar-refractivity contribution is -0.137. The van der Waals surface area contributed by atoms with Crippen LogP contribution in [0.15, 0.2) is 0 Å². The van der Waals surface area contributed by atoms with Crippen molar-refractivity contribution in [2.75, 3.05) is 5.75 Å². The molecule has 0 aliphatic heterocycles. The molecule has 0 aromatic rings. The van der Waals surface area contributed by atoms with Crippen LogP contribution in [-0.4, -0.2) is 28.3 Å². The summed E-state index contributed by atoms with van der Waals surface area (Å²) in [6, 6.07) is 0. The molecule has 2 nitrogen and oxygen atoms in total. The Kier molecular flexibility index (Phi) is 9.32. The molecule has 0 aliphatic carbocycles. The molecule has 0 fully saturated rings. The van der Waals surface area contributed by atoms with Crippen molar-refractivity contribution in [1.82, 2.24) is 0 Å². The van der Waals surface area contributed by atoms with E-state index >= 15 is 0 Å². The van der Waals surface area contributed by atoms with Gasteiger partial charge in [0, 0.05) is 6.42 Å². The number of rotatable bonds is 10. The Bertz CT molecular complexity index is 232. The summed E-state index contributed by atoms with van der Waals surface area (Å²) < 4.78 is 35.6. The van der Waals surface area contributed by atoms with E-state index in [0.717, 1.165) is 19.3 Å². The zero-order valence-electron chi connectivity index (χ0n) is 10.6. The predicted octanol–water partition coefficient (Wildman–Crippen LogP) is 4.49. The van der Waals surface area contributed by atoms with E-state index in [-0.39, 0.29) is 6.42 Å². The number of hydrogen-bond acceptors (Lipinski definition) is 2. The van der Waals surface area contributed by atoms with E-state index in [4.69, 9.17) is 5.11 Å². The highest BCUT2D eigenvalue weighted by Crippen LogP contribution is 2.24. The maximum Gasteiger partial charge on any atom is 0.389 e. The van der Waals surface area contributed by atoms with E-state index in [1.165, 1.54) is 11.8 Å². The molecule has 0 spiro atoms. The van der Waals surface area contributed by atoms with Gasteiger partial charge in [0.15, 0.2) is 0 Å². The molecule has 0 saturated carbocycles. The molecule has 108 valence electrons. The summed E-state index contributed by atoms with van der Waals surface area (Å²) in [6.07, 6.45) is -0.879. The minimum absolute atomic E-state index is 0.0811. The van der Waals surface area contributed by atoms with Crippen molar-refractivity contribution in [2.45, 2.75) is 63.3 Å². The van der Waals surface area contributed by atoms with Crippen LogP contribution in [0.4, 0.5) is 13.2 Å². The minimum Gasteiger partial charge on any atom is -0.480 e. The molecule has 0 bridgehead atoms. The normalized spacial score (nSPS) is 13.6. The molecule has 0 rings (SSSR count). The van der Waals surface area contributed by atoms with Crippen molar-refractivity contribution in [3.63, 3.8) is 0 Å². The first-order chi connectivity index (χ1) is 8.37. The number of alkyl halides is 3. The average Bonchev–Trinajstić information content (AvgIpc) is 2.24. The van der Waals surface area contributed by atoms with Crippen molar-refractivity contribution in [2.24, 2.45) is 0 Å². The Morgan fingerprint density at radius 3 is 2.39 bits per heavy atom. The Balaban J connectivity index is 3.67. The minimum atomic E-state index is -4.10. The van der Waals surface area contributed by atoms with Crippen LogP contribution >= 0.6 is 11.8 Å². The van der Waals surface area contributed by atoms with Gasteiger partial charge in [-0.25, -0.2) is 0 Å². The molecule has 0 radical (unpaired) electrons. The van der Waals surface area contributed by atoms with Crippen molar-refractivity contribution in [3.8, 4) is 0 Å². The maximum atomic E-state index is 11.9. The predicted molar refractivity (Wildman–Crippen MR) is 67.9 cm³/mol. The van der Waals surface area contributed by atoms with Gasteiger partial charge in [-0.15, -0.1) is 11.8 Å². The third-order valence-corrected chi connectivity index (χ3v) is 3.88. The lowest BCUT2D eigenvalue weighted by Gasteiger charge is -2.12. The third-order valence-electron chi connectivity index (χ3n) is 2.52. The number of thioether (sulfide) groups is 1. The summed E-state index contributed by atoms with van der Waals surface area (Å²) in [4.78, 5) is 10.9. The molecule has 1 N–H and O–H groups in total. The molecule has 0 aliphatic rings. The van der Waals surface area contributed by atoms with Gasteiger partial charge in [-0.1, -0.05) is 26.2 Å². The first kappa shape index (κ1) is 17.6. The van der Waals surface area contributed by atoms with Crippen molar-refractivity contribution in [1.29, 1.82) is 0 Å². The van der Waals surface area contributed by atoms with Gasteiger partial charge in [0.25, 0.3) is 0 Å². The van der Waals surface area contributed by atoms with E-state index in [0.29, 0.717) is 18.6 Å². The van der Waals surface area contributed by atoms with Crippen LogP contribution in [0, 0.1) is 0 Å². The first-order valence-corrected chi connectivity index (χ1v) is 7.33. The van der Waals surface area contributed by atoms with Gasteiger partial charge >= 0.3 is 12.1 Å². The van der Waals surface area contributed by atoms with Crippen LogP contribution in [0.5, 0.6) is 0 Å². The number of hydrogen-bond donors (Lipinski definition) is 1. The fourth-order valence-electron chi connectivity index (χ4n) is 1.51. The molecule has 0 amide bonds. The molecule has 18 heavy (non-hydrogen) atoms. The summed E-state index contributed by atoms with van der Waals surface area (Å²) in [6.45, 7) is 2.04. The van der Waals surface area contributed by atoms with Gasteiger partial charge in [-0.2, -0.15) is 13.2 Å². The average molecular weight is 286 g/mol. The third kappa shape index (κ3) is 10.7. The summed E-state index contributed by atoms with van der Waals surface area (Å²) in [5.74, 6) is -0.369. The summed E-state index contributed by atoms with van der Waals surface area (Å²) in [7, 11) is 0. The maximum absolute atomic E-state index is 11.9. The Labute approximate surface area is 110 Å². The number of carboxylic acid groups (broad SMARTS) is 1. The van der Waals surface area contributed by atoms with Crippen molar-refractivity contribution >= 4 is 17.7 Å². The molecular formula is C12H21F3O2S. The van der Waals surface area contributed by atoms with Crippen LogP contribution in [-0.2, 0) is 4.79 Å². The summed E-state index contributed by atoms with van der Waals surface area (Å²) >= 11 is 1.26. The molecule has 0 heterocycles. The first-order valence-electron chi connectivity index (χ1n) is 6.28. The SMILES string of the molecule is CCCCCC(SCCCCC(F)(F)F)C(=O)O. The molecule has 0 saturated heterocycles. The molecular weight excluding hydrogens is 265 g/mol. The number of carbonyl (C=O) groups is 1. The quantitative estimate of drug-likeness (QED) is 0.601. The van der Waals surface area contributed by atoms with Gasteiger partial charge in [-0.3, -0.25) is 4.79 Å². The Morgan fingerprint density at radius 1 is 1.22 bits per heavy atom. The van der Waals surface area contributed by atoms with Crippen LogP contribution in [0.3, 0.4) is 0 Å². The second-order valence-electron chi connectivity index (χ2n) is 4.27. The van der Waals surface area contributed by atoms with E-state index in [2.05, 4.69) is 0 Å². The van der Waals surface area contributed by atoms with Gasteiger partial charge in [0.05, 0.1) is 0 Å². The Morgan fingerprint density at radius 2 is 1.89 bits per heavy atom. The van der Waals surface area contributed by atoms with Crippen LogP contribution in [0.1, 0.15) is 51.9 Å². The monoisotopic (exact) mass is 286 g/mol. The van der Waals surface area contributed by atoms with E-state index in [1.807, 2.05) is 6.92 Å². The number of aliphatic carboxylic acids is 1. The van der Waals surface area contributed by atoms with Gasteiger partial charge < -0.3 is 5.11 Å². The van der Waals surface area contributed by atoms with E-state index < -0.39 is 23.8 Å². The van der Waals surface area contributed by atoms with Gasteiger partial charge in [-0.05, 0) is 25.0 Å². The summed E-state index contributed by atoms with van der Waals surface area (Å²) in [5, 5.41) is 8.49. The largest absolute Gasteiger partial charge is 0.480 e. The standard InChI is InChI=1S/C12H21F3O2S/c1-2-3-4-7-10(11(16)17)18-9-6-5-8-12(13,14)15/h10H,2-9H2,1H3,(H,16,17). The van der Waals surface area contributed by atoms with E-state index in [9.17, 15) is 18.0 Å². The van der Waals surface area contributed by atoms with Gasteiger partial charge in [0.1, 0.15) is 5.25 Å². The Hall–Kier alpha value is -0.390. The molecule has 0 aromatic carbocycles. The van der Waals surface area contributed by atoms with Crippen LogP contribution < -0.4 is 0 Å². The smallest absolute Gasteiger partial charge is 0.389 e. The fraction of sp³-hybridized carbons (Fsp3) is 0.917. The molecule has 1 atom stereocenters. The van der Waals surface area contributed by atoms with Crippen LogP contribution in [0.25, 0.3) is 0 Å². The summed E-state index contributed by atoms with van der Waals surface area (Å²) in [5.41, 5.74) is 0. The molecule has 1 unspecified atom stereocenters. The second kappa shape index (κ2) is 9.53. The van der Waals surface area contributed by atoms with Crippen molar-refractivity contribution < 1.29 is 23.1 Å². The highest BCUT2D eigenvalue weighted by atomic mass is 32.2.